The standard InChI is InChI=1S/C24H26F6N4O3/c25-23(26,27)18-9-16(10-19(12-18)24(28,29)30)14-37-21(11-15-1-3-17(4-2-15)22(32)36)34-7-5-33(6-8-34)13-20(31)35/h1-4,9-10,12,21H,5-8,11,13-14H2,(H2,31,35)(H2,32,36). The van der Waals surface area contributed by atoms with Crippen LogP contribution in [0.5, 0.6) is 0 Å². The lowest BCUT2D eigenvalue weighted by Gasteiger charge is -2.38. The number of rotatable bonds is 9. The number of ether oxygens (including phenoxy) is 1. The number of alkyl halides is 6. The second kappa shape index (κ2) is 11.5. The number of halogens is 6. The number of hydrogen-bond acceptors (Lipinski definition) is 5. The van der Waals surface area contributed by atoms with Gasteiger partial charge in [-0.05, 0) is 41.5 Å². The zero-order valence-electron chi connectivity index (χ0n) is 19.6. The molecule has 4 N–H and O–H groups in total. The molecule has 2 aromatic rings. The van der Waals surface area contributed by atoms with E-state index in [1.807, 2.05) is 9.80 Å². The minimum absolute atomic E-state index is 0.0679. The predicted molar refractivity (Wildman–Crippen MR) is 121 cm³/mol. The lowest BCUT2D eigenvalue weighted by molar-refractivity contribution is -0.143. The highest BCUT2D eigenvalue weighted by Gasteiger charge is 2.37. The van der Waals surface area contributed by atoms with Crippen LogP contribution in [0.25, 0.3) is 0 Å². The fourth-order valence-electron chi connectivity index (χ4n) is 4.03. The van der Waals surface area contributed by atoms with Gasteiger partial charge < -0.3 is 16.2 Å². The Kier molecular flexibility index (Phi) is 8.82. The van der Waals surface area contributed by atoms with Crippen molar-refractivity contribution in [2.45, 2.75) is 31.6 Å². The molecule has 2 amide bonds. The van der Waals surface area contributed by atoms with E-state index in [1.54, 1.807) is 12.1 Å². The summed E-state index contributed by atoms with van der Waals surface area (Å²) < 4.78 is 85.3. The smallest absolute Gasteiger partial charge is 0.369 e. The van der Waals surface area contributed by atoms with Gasteiger partial charge in [0.05, 0.1) is 24.3 Å². The molecule has 1 aliphatic rings. The van der Waals surface area contributed by atoms with Gasteiger partial charge >= 0.3 is 12.4 Å². The molecule has 1 atom stereocenters. The van der Waals surface area contributed by atoms with Crippen molar-refractivity contribution in [2.24, 2.45) is 11.5 Å². The van der Waals surface area contributed by atoms with Crippen molar-refractivity contribution in [3.8, 4) is 0 Å². The highest BCUT2D eigenvalue weighted by Crippen LogP contribution is 2.36. The maximum Gasteiger partial charge on any atom is 0.416 e. The van der Waals surface area contributed by atoms with Crippen LogP contribution in [0.3, 0.4) is 0 Å². The zero-order chi connectivity index (χ0) is 27.4. The summed E-state index contributed by atoms with van der Waals surface area (Å²) in [6.45, 7) is 1.34. The number of benzene rings is 2. The SMILES string of the molecule is NC(=O)CN1CCN(C(Cc2ccc(C(N)=O)cc2)OCc2cc(C(F)(F)F)cc(C(F)(F)F)c2)CC1. The maximum atomic E-state index is 13.2. The van der Waals surface area contributed by atoms with Crippen molar-refractivity contribution in [3.63, 3.8) is 0 Å². The Labute approximate surface area is 208 Å². The molecule has 1 fully saturated rings. The zero-order valence-corrected chi connectivity index (χ0v) is 19.6. The summed E-state index contributed by atoms with van der Waals surface area (Å²) in [6.07, 6.45) is -10.4. The van der Waals surface area contributed by atoms with E-state index in [1.165, 1.54) is 12.1 Å². The van der Waals surface area contributed by atoms with Gasteiger partial charge in [0.15, 0.2) is 0 Å². The van der Waals surface area contributed by atoms with Crippen LogP contribution in [0.15, 0.2) is 42.5 Å². The fraction of sp³-hybridized carbons (Fsp3) is 0.417. The predicted octanol–water partition coefficient (Wildman–Crippen LogP) is 3.01. The molecule has 0 aliphatic carbocycles. The first-order valence-electron chi connectivity index (χ1n) is 11.3. The number of primary amides is 2. The quantitative estimate of drug-likeness (QED) is 0.484. The molecule has 1 heterocycles. The Balaban J connectivity index is 1.82. The summed E-state index contributed by atoms with van der Waals surface area (Å²) in [5.41, 5.74) is 8.39. The topological polar surface area (TPSA) is 102 Å². The molecular weight excluding hydrogens is 506 g/mol. The van der Waals surface area contributed by atoms with Crippen molar-refractivity contribution in [1.29, 1.82) is 0 Å². The second-order valence-corrected chi connectivity index (χ2v) is 8.72. The summed E-state index contributed by atoms with van der Waals surface area (Å²) in [4.78, 5) is 26.3. The van der Waals surface area contributed by atoms with Gasteiger partial charge in [0, 0.05) is 38.2 Å². The normalized spacial score (nSPS) is 16.5. The highest BCUT2D eigenvalue weighted by molar-refractivity contribution is 5.92. The molecule has 0 bridgehead atoms. The number of carbonyl (C=O) groups excluding carboxylic acids is 2. The van der Waals surface area contributed by atoms with Crippen molar-refractivity contribution < 1.29 is 40.7 Å². The lowest BCUT2D eigenvalue weighted by Crippen LogP contribution is -2.53. The summed E-state index contributed by atoms with van der Waals surface area (Å²) in [5.74, 6) is -1.10. The van der Waals surface area contributed by atoms with E-state index in [-0.39, 0.29) is 30.2 Å². The average molecular weight is 532 g/mol. The highest BCUT2D eigenvalue weighted by atomic mass is 19.4. The molecule has 7 nitrogen and oxygen atoms in total. The number of carbonyl (C=O) groups is 2. The average Bonchev–Trinajstić information content (AvgIpc) is 2.81. The first kappa shape index (κ1) is 28.4. The summed E-state index contributed by atoms with van der Waals surface area (Å²) in [7, 11) is 0. The molecular formula is C24H26F6N4O3. The van der Waals surface area contributed by atoms with Crippen molar-refractivity contribution in [3.05, 3.63) is 70.3 Å². The third kappa shape index (κ3) is 8.17. The van der Waals surface area contributed by atoms with Gasteiger partial charge in [0.1, 0.15) is 6.23 Å². The first-order valence-corrected chi connectivity index (χ1v) is 11.3. The number of nitrogens with two attached hydrogens (primary N) is 2. The van der Waals surface area contributed by atoms with Gasteiger partial charge in [-0.3, -0.25) is 19.4 Å². The summed E-state index contributed by atoms with van der Waals surface area (Å²) in [6, 6.07) is 7.66. The molecule has 1 aliphatic heterocycles. The Morgan fingerprint density at radius 1 is 0.838 bits per heavy atom. The van der Waals surface area contributed by atoms with E-state index in [4.69, 9.17) is 16.2 Å². The van der Waals surface area contributed by atoms with Crippen molar-refractivity contribution in [2.75, 3.05) is 32.7 Å². The molecule has 1 saturated heterocycles. The molecule has 0 spiro atoms. The van der Waals surface area contributed by atoms with E-state index in [0.29, 0.717) is 38.3 Å². The third-order valence-corrected chi connectivity index (χ3v) is 5.93. The van der Waals surface area contributed by atoms with Crippen LogP contribution in [0, 0.1) is 0 Å². The molecule has 2 aromatic carbocycles. The molecule has 37 heavy (non-hydrogen) atoms. The van der Waals surface area contributed by atoms with Crippen LogP contribution in [-0.2, 0) is 34.9 Å². The molecule has 3 rings (SSSR count). The number of piperazine rings is 1. The van der Waals surface area contributed by atoms with Crippen molar-refractivity contribution >= 4 is 11.8 Å². The second-order valence-electron chi connectivity index (χ2n) is 8.72. The van der Waals surface area contributed by atoms with Crippen LogP contribution in [0.2, 0.25) is 0 Å². The lowest BCUT2D eigenvalue weighted by atomic mass is 10.0. The molecule has 202 valence electrons. The van der Waals surface area contributed by atoms with E-state index >= 15 is 0 Å². The van der Waals surface area contributed by atoms with E-state index < -0.39 is 48.1 Å². The molecule has 0 saturated carbocycles. The number of hydrogen-bond donors (Lipinski definition) is 2. The molecule has 1 unspecified atom stereocenters. The van der Waals surface area contributed by atoms with Crippen LogP contribution < -0.4 is 11.5 Å². The van der Waals surface area contributed by atoms with E-state index in [0.717, 1.165) is 5.56 Å². The molecule has 0 aromatic heterocycles. The number of amides is 2. The largest absolute Gasteiger partial charge is 0.416 e. The van der Waals surface area contributed by atoms with Crippen LogP contribution in [-0.4, -0.2) is 60.6 Å². The molecule has 0 radical (unpaired) electrons. The first-order chi connectivity index (χ1) is 17.2. The van der Waals surface area contributed by atoms with Gasteiger partial charge in [-0.15, -0.1) is 0 Å². The van der Waals surface area contributed by atoms with Gasteiger partial charge in [0.2, 0.25) is 11.8 Å². The minimum atomic E-state index is -4.96. The van der Waals surface area contributed by atoms with Crippen molar-refractivity contribution in [1.82, 2.24) is 9.80 Å². The molecule has 13 heteroatoms. The van der Waals surface area contributed by atoms with Crippen LogP contribution in [0.1, 0.15) is 32.6 Å². The Hall–Kier alpha value is -3.16. The Bertz CT molecular complexity index is 1060. The van der Waals surface area contributed by atoms with E-state index in [9.17, 15) is 35.9 Å². The van der Waals surface area contributed by atoms with Gasteiger partial charge in [-0.2, -0.15) is 26.3 Å². The Morgan fingerprint density at radius 2 is 1.38 bits per heavy atom. The minimum Gasteiger partial charge on any atom is -0.369 e. The third-order valence-electron chi connectivity index (χ3n) is 5.93. The fourth-order valence-corrected chi connectivity index (χ4v) is 4.03. The van der Waals surface area contributed by atoms with Crippen LogP contribution in [0.4, 0.5) is 26.3 Å². The monoisotopic (exact) mass is 532 g/mol. The Morgan fingerprint density at radius 3 is 1.84 bits per heavy atom. The number of nitrogens with zero attached hydrogens (tertiary/aromatic N) is 2. The maximum absolute atomic E-state index is 13.2. The van der Waals surface area contributed by atoms with Crippen LogP contribution >= 0.6 is 0 Å². The summed E-state index contributed by atoms with van der Waals surface area (Å²) >= 11 is 0. The summed E-state index contributed by atoms with van der Waals surface area (Å²) in [5, 5.41) is 0. The van der Waals surface area contributed by atoms with Gasteiger partial charge in [-0.1, -0.05) is 12.1 Å². The van der Waals surface area contributed by atoms with Gasteiger partial charge in [0.25, 0.3) is 0 Å². The van der Waals surface area contributed by atoms with E-state index in [2.05, 4.69) is 0 Å². The van der Waals surface area contributed by atoms with Gasteiger partial charge in [-0.25, -0.2) is 0 Å².